The molecule has 0 radical (unpaired) electrons. The van der Waals surface area contributed by atoms with Gasteiger partial charge in [0.15, 0.2) is 0 Å². The number of aliphatic hydroxyl groups is 1. The highest BCUT2D eigenvalue weighted by molar-refractivity contribution is 5.19. The summed E-state index contributed by atoms with van der Waals surface area (Å²) in [6.07, 6.45) is 5.15. The standard InChI is InChI=1S/C14H18O/c15-14(11-4-2-1-3-5-11)13-9-10-6-7-12(13)8-10/h1-5,10,12-15H,6-9H2/t10?,12?,13?,14-/m1/s1. The topological polar surface area (TPSA) is 20.2 Å². The van der Waals surface area contributed by atoms with Gasteiger partial charge in [-0.25, -0.2) is 0 Å². The van der Waals surface area contributed by atoms with Gasteiger partial charge in [0, 0.05) is 0 Å². The third-order valence-corrected chi connectivity index (χ3v) is 4.34. The van der Waals surface area contributed by atoms with Crippen LogP contribution in [-0.4, -0.2) is 5.11 Å². The third kappa shape index (κ3) is 1.59. The van der Waals surface area contributed by atoms with Crippen LogP contribution in [0, 0.1) is 17.8 Å². The van der Waals surface area contributed by atoms with Gasteiger partial charge in [0.1, 0.15) is 0 Å². The van der Waals surface area contributed by atoms with Crippen molar-refractivity contribution in [1.82, 2.24) is 0 Å². The lowest BCUT2D eigenvalue weighted by Crippen LogP contribution is -2.19. The van der Waals surface area contributed by atoms with Crippen LogP contribution in [0.4, 0.5) is 0 Å². The molecule has 0 aromatic heterocycles. The van der Waals surface area contributed by atoms with Gasteiger partial charge >= 0.3 is 0 Å². The molecule has 2 bridgehead atoms. The van der Waals surface area contributed by atoms with Crippen molar-refractivity contribution in [3.63, 3.8) is 0 Å². The first-order valence-electron chi connectivity index (χ1n) is 6.07. The van der Waals surface area contributed by atoms with Crippen molar-refractivity contribution in [2.24, 2.45) is 17.8 Å². The molecule has 2 saturated carbocycles. The van der Waals surface area contributed by atoms with Gasteiger partial charge in [0.05, 0.1) is 6.10 Å². The summed E-state index contributed by atoms with van der Waals surface area (Å²) in [5, 5.41) is 10.3. The molecule has 2 aliphatic rings. The van der Waals surface area contributed by atoms with Crippen LogP contribution in [0.25, 0.3) is 0 Å². The lowest BCUT2D eigenvalue weighted by Gasteiger charge is -2.26. The van der Waals surface area contributed by atoms with Gasteiger partial charge in [-0.2, -0.15) is 0 Å². The fourth-order valence-corrected chi connectivity index (χ4v) is 3.58. The second kappa shape index (κ2) is 3.64. The smallest absolute Gasteiger partial charge is 0.0820 e. The van der Waals surface area contributed by atoms with Crippen LogP contribution < -0.4 is 0 Å². The Hall–Kier alpha value is -0.820. The maximum Gasteiger partial charge on any atom is 0.0820 e. The first-order chi connectivity index (χ1) is 7.34. The molecule has 80 valence electrons. The molecule has 15 heavy (non-hydrogen) atoms. The van der Waals surface area contributed by atoms with E-state index in [0.717, 1.165) is 17.4 Å². The van der Waals surface area contributed by atoms with Crippen LogP contribution in [0.5, 0.6) is 0 Å². The van der Waals surface area contributed by atoms with E-state index in [0.29, 0.717) is 5.92 Å². The fourth-order valence-electron chi connectivity index (χ4n) is 3.58. The monoisotopic (exact) mass is 202 g/mol. The van der Waals surface area contributed by atoms with E-state index in [2.05, 4.69) is 12.1 Å². The van der Waals surface area contributed by atoms with E-state index < -0.39 is 0 Å². The minimum atomic E-state index is -0.221. The van der Waals surface area contributed by atoms with E-state index in [1.807, 2.05) is 18.2 Å². The molecular formula is C14H18O. The van der Waals surface area contributed by atoms with Crippen molar-refractivity contribution >= 4 is 0 Å². The zero-order valence-corrected chi connectivity index (χ0v) is 8.97. The Morgan fingerprint density at radius 2 is 1.87 bits per heavy atom. The first kappa shape index (κ1) is 9.41. The summed E-state index contributed by atoms with van der Waals surface area (Å²) in [5.74, 6) is 2.25. The van der Waals surface area contributed by atoms with E-state index in [4.69, 9.17) is 0 Å². The molecule has 4 atom stereocenters. The molecule has 1 aromatic carbocycles. The number of benzene rings is 1. The summed E-state index contributed by atoms with van der Waals surface area (Å²) < 4.78 is 0. The molecule has 1 aromatic rings. The summed E-state index contributed by atoms with van der Waals surface area (Å²) in [6, 6.07) is 10.2. The largest absolute Gasteiger partial charge is 0.388 e. The number of aliphatic hydroxyl groups excluding tert-OH is 1. The third-order valence-electron chi connectivity index (χ3n) is 4.34. The molecule has 0 aliphatic heterocycles. The molecule has 3 rings (SSSR count). The van der Waals surface area contributed by atoms with Crippen molar-refractivity contribution in [1.29, 1.82) is 0 Å². The van der Waals surface area contributed by atoms with E-state index in [1.54, 1.807) is 0 Å². The SMILES string of the molecule is O[C@H](c1ccccc1)C1CC2CCC1C2. The maximum absolute atomic E-state index is 10.3. The maximum atomic E-state index is 10.3. The lowest BCUT2D eigenvalue weighted by atomic mass is 9.82. The second-order valence-corrected chi connectivity index (χ2v) is 5.19. The van der Waals surface area contributed by atoms with E-state index in [1.165, 1.54) is 25.7 Å². The molecule has 0 amide bonds. The Morgan fingerprint density at radius 1 is 1.07 bits per heavy atom. The van der Waals surface area contributed by atoms with Crippen LogP contribution >= 0.6 is 0 Å². The van der Waals surface area contributed by atoms with Gasteiger partial charge in [0.25, 0.3) is 0 Å². The summed E-state index contributed by atoms with van der Waals surface area (Å²) in [6.45, 7) is 0. The van der Waals surface area contributed by atoms with Gasteiger partial charge in [-0.15, -0.1) is 0 Å². The summed E-state index contributed by atoms with van der Waals surface area (Å²) >= 11 is 0. The molecule has 1 heteroatoms. The number of hydrogen-bond acceptors (Lipinski definition) is 1. The Morgan fingerprint density at radius 3 is 2.47 bits per heavy atom. The highest BCUT2D eigenvalue weighted by Crippen LogP contribution is 2.52. The minimum absolute atomic E-state index is 0.221. The second-order valence-electron chi connectivity index (χ2n) is 5.19. The molecular weight excluding hydrogens is 184 g/mol. The summed E-state index contributed by atoms with van der Waals surface area (Å²) in [7, 11) is 0. The molecule has 2 aliphatic carbocycles. The molecule has 0 spiro atoms. The quantitative estimate of drug-likeness (QED) is 0.781. The molecule has 2 fully saturated rings. The molecule has 1 N–H and O–H groups in total. The predicted molar refractivity (Wildman–Crippen MR) is 60.3 cm³/mol. The van der Waals surface area contributed by atoms with Gasteiger partial charge in [-0.05, 0) is 42.6 Å². The summed E-state index contributed by atoms with van der Waals surface area (Å²) in [5.41, 5.74) is 1.11. The van der Waals surface area contributed by atoms with Crippen LogP contribution in [0.2, 0.25) is 0 Å². The van der Waals surface area contributed by atoms with Crippen molar-refractivity contribution in [2.45, 2.75) is 31.8 Å². The van der Waals surface area contributed by atoms with Crippen LogP contribution in [0.1, 0.15) is 37.4 Å². The highest BCUT2D eigenvalue weighted by atomic mass is 16.3. The lowest BCUT2D eigenvalue weighted by molar-refractivity contribution is 0.0745. The average Bonchev–Trinajstić information content (AvgIpc) is 2.91. The van der Waals surface area contributed by atoms with Gasteiger partial charge in [0.2, 0.25) is 0 Å². The molecule has 1 nitrogen and oxygen atoms in total. The van der Waals surface area contributed by atoms with Crippen molar-refractivity contribution < 1.29 is 5.11 Å². The van der Waals surface area contributed by atoms with E-state index in [-0.39, 0.29) is 6.10 Å². The number of rotatable bonds is 2. The molecule has 0 saturated heterocycles. The minimum Gasteiger partial charge on any atom is -0.388 e. The molecule has 3 unspecified atom stereocenters. The number of hydrogen-bond donors (Lipinski definition) is 1. The Balaban J connectivity index is 1.78. The van der Waals surface area contributed by atoms with Crippen LogP contribution in [0.3, 0.4) is 0 Å². The highest BCUT2D eigenvalue weighted by Gasteiger charge is 2.42. The van der Waals surface area contributed by atoms with Gasteiger partial charge < -0.3 is 5.11 Å². The Kier molecular flexibility index (Phi) is 2.28. The van der Waals surface area contributed by atoms with Crippen molar-refractivity contribution in [3.8, 4) is 0 Å². The van der Waals surface area contributed by atoms with Crippen molar-refractivity contribution in [3.05, 3.63) is 35.9 Å². The van der Waals surface area contributed by atoms with Gasteiger partial charge in [-0.3, -0.25) is 0 Å². The Labute approximate surface area is 91.1 Å². The molecule has 0 heterocycles. The Bertz CT molecular complexity index is 332. The fraction of sp³-hybridized carbons (Fsp3) is 0.571. The van der Waals surface area contributed by atoms with Crippen LogP contribution in [0.15, 0.2) is 30.3 Å². The van der Waals surface area contributed by atoms with Gasteiger partial charge in [-0.1, -0.05) is 36.8 Å². The average molecular weight is 202 g/mol. The predicted octanol–water partition coefficient (Wildman–Crippen LogP) is 3.16. The zero-order chi connectivity index (χ0) is 10.3. The number of fused-ring (bicyclic) bond motifs is 2. The van der Waals surface area contributed by atoms with Crippen molar-refractivity contribution in [2.75, 3.05) is 0 Å². The van der Waals surface area contributed by atoms with Crippen LogP contribution in [-0.2, 0) is 0 Å². The summed E-state index contributed by atoms with van der Waals surface area (Å²) in [4.78, 5) is 0. The zero-order valence-electron chi connectivity index (χ0n) is 8.97. The van der Waals surface area contributed by atoms with E-state index in [9.17, 15) is 5.11 Å². The first-order valence-corrected chi connectivity index (χ1v) is 6.07. The van der Waals surface area contributed by atoms with E-state index >= 15 is 0 Å². The normalized spacial score (nSPS) is 35.7.